The second-order valence-corrected chi connectivity index (χ2v) is 10.7. The molecule has 3 aromatic rings. The number of halogens is 1. The molecule has 8 nitrogen and oxygen atoms in total. The Morgan fingerprint density at radius 1 is 0.892 bits per heavy atom. The van der Waals surface area contributed by atoms with Crippen molar-refractivity contribution < 1.29 is 4.79 Å². The van der Waals surface area contributed by atoms with Crippen molar-refractivity contribution in [3.63, 3.8) is 0 Å². The van der Waals surface area contributed by atoms with Crippen molar-refractivity contribution in [1.82, 2.24) is 19.8 Å². The van der Waals surface area contributed by atoms with Crippen molar-refractivity contribution in [1.29, 1.82) is 0 Å². The molecular formula is C28H33BrN6O2. The minimum absolute atomic E-state index is 0.0160. The minimum Gasteiger partial charge on any atom is -0.369 e. The first-order valence-corrected chi connectivity index (χ1v) is 13.6. The van der Waals surface area contributed by atoms with Crippen LogP contribution >= 0.6 is 15.9 Å². The Kier molecular flexibility index (Phi) is 7.62. The van der Waals surface area contributed by atoms with Crippen LogP contribution in [0.3, 0.4) is 0 Å². The average Bonchev–Trinajstić information content (AvgIpc) is 2.90. The number of aryl methyl sites for hydroxylation is 2. The van der Waals surface area contributed by atoms with Gasteiger partial charge in [-0.15, -0.1) is 0 Å². The number of nitrogens with zero attached hydrogens (tertiary/aromatic N) is 5. The summed E-state index contributed by atoms with van der Waals surface area (Å²) in [5.41, 5.74) is 5.22. The predicted molar refractivity (Wildman–Crippen MR) is 151 cm³/mol. The van der Waals surface area contributed by atoms with Gasteiger partial charge in [0.15, 0.2) is 0 Å². The normalized spacial score (nSPS) is 16.8. The highest BCUT2D eigenvalue weighted by Gasteiger charge is 2.25. The quantitative estimate of drug-likeness (QED) is 0.511. The second-order valence-electron chi connectivity index (χ2n) is 9.85. The number of H-pyrrole nitrogens is 1. The standard InChI is InChI=1S/C28H33BrN6O2/c1-20-7-8-23(17-21(20)2)33-11-9-32(10-12-33)19-22-18-26(36)31-28(30-22)35-15-13-34(14-16-35)27(37)24-5-3-4-6-25(24)29/h3-8,17-18H,9-16,19H2,1-2H3,(H,30,31,36). The van der Waals surface area contributed by atoms with Gasteiger partial charge in [0.2, 0.25) is 5.95 Å². The Bertz CT molecular complexity index is 1330. The van der Waals surface area contributed by atoms with Crippen LogP contribution in [-0.2, 0) is 6.54 Å². The van der Waals surface area contributed by atoms with Crippen LogP contribution < -0.4 is 15.4 Å². The number of nitrogens with one attached hydrogen (secondary N) is 1. The number of anilines is 2. The fraction of sp³-hybridized carbons (Fsp3) is 0.393. The summed E-state index contributed by atoms with van der Waals surface area (Å²) in [6, 6.07) is 15.8. The first-order chi connectivity index (χ1) is 17.9. The molecule has 37 heavy (non-hydrogen) atoms. The molecule has 3 heterocycles. The van der Waals surface area contributed by atoms with Gasteiger partial charge in [0, 0.05) is 75.1 Å². The molecule has 194 valence electrons. The van der Waals surface area contributed by atoms with E-state index in [1.54, 1.807) is 6.07 Å². The van der Waals surface area contributed by atoms with Crippen molar-refractivity contribution in [2.45, 2.75) is 20.4 Å². The van der Waals surface area contributed by atoms with Gasteiger partial charge in [0.1, 0.15) is 0 Å². The largest absolute Gasteiger partial charge is 0.369 e. The zero-order valence-corrected chi connectivity index (χ0v) is 23.0. The third kappa shape index (κ3) is 5.88. The van der Waals surface area contributed by atoms with E-state index < -0.39 is 0 Å². The molecule has 2 saturated heterocycles. The van der Waals surface area contributed by atoms with Gasteiger partial charge in [-0.25, -0.2) is 4.98 Å². The van der Waals surface area contributed by atoms with Gasteiger partial charge in [-0.05, 0) is 65.2 Å². The third-order valence-electron chi connectivity index (χ3n) is 7.37. The number of rotatable bonds is 5. The maximum atomic E-state index is 12.9. The average molecular weight is 566 g/mol. The molecule has 0 saturated carbocycles. The highest BCUT2D eigenvalue weighted by molar-refractivity contribution is 9.10. The highest BCUT2D eigenvalue weighted by Crippen LogP contribution is 2.22. The van der Waals surface area contributed by atoms with E-state index in [9.17, 15) is 9.59 Å². The fourth-order valence-corrected chi connectivity index (χ4v) is 5.42. The van der Waals surface area contributed by atoms with Gasteiger partial charge in [-0.1, -0.05) is 18.2 Å². The summed E-state index contributed by atoms with van der Waals surface area (Å²) >= 11 is 3.47. The van der Waals surface area contributed by atoms with E-state index in [2.05, 4.69) is 67.7 Å². The van der Waals surface area contributed by atoms with Crippen molar-refractivity contribution in [2.75, 3.05) is 62.2 Å². The first-order valence-electron chi connectivity index (χ1n) is 12.8. The van der Waals surface area contributed by atoms with Gasteiger partial charge in [-0.2, -0.15) is 0 Å². The van der Waals surface area contributed by atoms with Crippen LogP contribution in [0.15, 0.2) is 57.8 Å². The van der Waals surface area contributed by atoms with E-state index in [-0.39, 0.29) is 11.5 Å². The molecule has 1 aromatic heterocycles. The molecule has 2 aliphatic heterocycles. The van der Waals surface area contributed by atoms with Crippen LogP contribution in [-0.4, -0.2) is 78.0 Å². The number of aromatic amines is 1. The molecule has 2 fully saturated rings. The zero-order chi connectivity index (χ0) is 25.9. The summed E-state index contributed by atoms with van der Waals surface area (Å²) in [6.45, 7) is 11.1. The molecule has 0 atom stereocenters. The van der Waals surface area contributed by atoms with Crippen LogP contribution in [0.2, 0.25) is 0 Å². The molecule has 0 radical (unpaired) electrons. The number of carbonyl (C=O) groups is 1. The third-order valence-corrected chi connectivity index (χ3v) is 8.06. The lowest BCUT2D eigenvalue weighted by Gasteiger charge is -2.36. The smallest absolute Gasteiger partial charge is 0.255 e. The van der Waals surface area contributed by atoms with Crippen molar-refractivity contribution in [3.05, 3.63) is 85.7 Å². The lowest BCUT2D eigenvalue weighted by atomic mass is 10.1. The van der Waals surface area contributed by atoms with Gasteiger partial charge < -0.3 is 14.7 Å². The highest BCUT2D eigenvalue weighted by atomic mass is 79.9. The molecule has 0 spiro atoms. The van der Waals surface area contributed by atoms with Gasteiger partial charge >= 0.3 is 0 Å². The fourth-order valence-electron chi connectivity index (χ4n) is 4.97. The Hall–Kier alpha value is -3.17. The van der Waals surface area contributed by atoms with Crippen molar-refractivity contribution >= 4 is 33.5 Å². The summed E-state index contributed by atoms with van der Waals surface area (Å²) in [5.74, 6) is 0.603. The molecule has 9 heteroatoms. The molecule has 0 aliphatic carbocycles. The van der Waals surface area contributed by atoms with Crippen LogP contribution in [0.5, 0.6) is 0 Å². The zero-order valence-electron chi connectivity index (χ0n) is 21.4. The van der Waals surface area contributed by atoms with E-state index in [0.717, 1.165) is 36.3 Å². The van der Waals surface area contributed by atoms with Crippen LogP contribution in [0, 0.1) is 13.8 Å². The molecule has 5 rings (SSSR count). The number of amides is 1. The number of hydrogen-bond acceptors (Lipinski definition) is 6. The van der Waals surface area contributed by atoms with E-state index in [1.165, 1.54) is 16.8 Å². The number of hydrogen-bond donors (Lipinski definition) is 1. The summed E-state index contributed by atoms with van der Waals surface area (Å²) < 4.78 is 0.802. The van der Waals surface area contributed by atoms with Gasteiger partial charge in [-0.3, -0.25) is 19.5 Å². The first kappa shape index (κ1) is 25.5. The lowest BCUT2D eigenvalue weighted by molar-refractivity contribution is 0.0745. The predicted octanol–water partition coefficient (Wildman–Crippen LogP) is 3.43. The van der Waals surface area contributed by atoms with Crippen LogP contribution in [0.4, 0.5) is 11.6 Å². The Balaban J connectivity index is 1.18. The Morgan fingerprint density at radius 3 is 2.30 bits per heavy atom. The molecule has 2 aromatic carbocycles. The summed E-state index contributed by atoms with van der Waals surface area (Å²) in [7, 11) is 0. The minimum atomic E-state index is -0.138. The topological polar surface area (TPSA) is 75.8 Å². The Morgan fingerprint density at radius 2 is 1.59 bits per heavy atom. The maximum absolute atomic E-state index is 12.9. The number of aromatic nitrogens is 2. The van der Waals surface area contributed by atoms with Gasteiger partial charge in [0.25, 0.3) is 11.5 Å². The van der Waals surface area contributed by atoms with E-state index >= 15 is 0 Å². The molecule has 1 amide bonds. The molecule has 0 bridgehead atoms. The maximum Gasteiger partial charge on any atom is 0.255 e. The lowest BCUT2D eigenvalue weighted by Crippen LogP contribution is -2.49. The molecule has 1 N–H and O–H groups in total. The van der Waals surface area contributed by atoms with Crippen molar-refractivity contribution in [3.8, 4) is 0 Å². The molecule has 0 unspecified atom stereocenters. The Labute approximate surface area is 226 Å². The van der Waals surface area contributed by atoms with E-state index in [0.29, 0.717) is 44.2 Å². The van der Waals surface area contributed by atoms with E-state index in [4.69, 9.17) is 4.98 Å². The number of benzene rings is 2. The second kappa shape index (κ2) is 11.1. The summed E-state index contributed by atoms with van der Waals surface area (Å²) in [4.78, 5) is 41.8. The molecule has 2 aliphatic rings. The SMILES string of the molecule is Cc1ccc(N2CCN(Cc3cc(=O)[nH]c(N4CCN(C(=O)c5ccccc5Br)CC4)n3)CC2)cc1C. The van der Waals surface area contributed by atoms with E-state index in [1.807, 2.05) is 29.2 Å². The van der Waals surface area contributed by atoms with Crippen LogP contribution in [0.25, 0.3) is 0 Å². The number of piperazine rings is 2. The van der Waals surface area contributed by atoms with Crippen molar-refractivity contribution in [2.24, 2.45) is 0 Å². The summed E-state index contributed by atoms with van der Waals surface area (Å²) in [6.07, 6.45) is 0. The molecular weight excluding hydrogens is 532 g/mol. The summed E-state index contributed by atoms with van der Waals surface area (Å²) in [5, 5.41) is 0. The van der Waals surface area contributed by atoms with Crippen LogP contribution in [0.1, 0.15) is 27.2 Å². The van der Waals surface area contributed by atoms with Gasteiger partial charge in [0.05, 0.1) is 11.3 Å². The monoisotopic (exact) mass is 564 g/mol. The number of carbonyl (C=O) groups excluding carboxylic acids is 1.